The zero-order valence-electron chi connectivity index (χ0n) is 20.4. The fourth-order valence-electron chi connectivity index (χ4n) is 4.50. The number of rotatable bonds is 7. The van der Waals surface area contributed by atoms with Crippen LogP contribution in [0.4, 0.5) is 0 Å². The number of amides is 2. The molecule has 1 aliphatic heterocycles. The second-order valence-corrected chi connectivity index (χ2v) is 8.59. The largest absolute Gasteiger partial charge is 0.497 e. The Balaban J connectivity index is 1.70. The van der Waals surface area contributed by atoms with E-state index in [-0.39, 0.29) is 17.7 Å². The summed E-state index contributed by atoms with van der Waals surface area (Å²) in [6, 6.07) is 9.37. The number of benzene rings is 2. The molecule has 1 saturated heterocycles. The first-order chi connectivity index (χ1) is 16.9. The Morgan fingerprint density at radius 3 is 2.34 bits per heavy atom. The van der Waals surface area contributed by atoms with E-state index in [2.05, 4.69) is 0 Å². The van der Waals surface area contributed by atoms with Crippen molar-refractivity contribution in [2.45, 2.75) is 19.8 Å². The molecule has 2 N–H and O–H groups in total. The molecule has 8 heteroatoms. The second-order valence-electron chi connectivity index (χ2n) is 8.59. The van der Waals surface area contributed by atoms with Crippen molar-refractivity contribution in [3.8, 4) is 28.4 Å². The van der Waals surface area contributed by atoms with E-state index in [1.807, 2.05) is 37.3 Å². The lowest BCUT2D eigenvalue weighted by Crippen LogP contribution is -2.41. The van der Waals surface area contributed by atoms with Crippen LogP contribution in [0.15, 0.2) is 47.1 Å². The molecular weight excluding hydrogens is 448 g/mol. The molecule has 4 rings (SSSR count). The number of ether oxygens (including phenoxy) is 3. The Morgan fingerprint density at radius 2 is 1.71 bits per heavy atom. The number of allylic oxidation sites excluding steroid dienone is 1. The maximum absolute atomic E-state index is 13.0. The number of furan rings is 1. The van der Waals surface area contributed by atoms with Crippen molar-refractivity contribution in [1.82, 2.24) is 4.90 Å². The van der Waals surface area contributed by atoms with Gasteiger partial charge < -0.3 is 29.3 Å². The maximum Gasteiger partial charge on any atom is 0.246 e. The lowest BCUT2D eigenvalue weighted by molar-refractivity contribution is -0.130. The molecule has 184 valence electrons. The number of primary amides is 1. The molecule has 1 aliphatic rings. The molecular formula is C27H30N2O6. The molecule has 0 bridgehead atoms. The Bertz CT molecular complexity index is 1280. The van der Waals surface area contributed by atoms with Gasteiger partial charge in [0.25, 0.3) is 0 Å². The molecule has 0 unspecified atom stereocenters. The van der Waals surface area contributed by atoms with E-state index in [9.17, 15) is 9.59 Å². The molecule has 3 aromatic rings. The number of fused-ring (bicyclic) bond motifs is 1. The van der Waals surface area contributed by atoms with Crippen LogP contribution in [-0.2, 0) is 9.59 Å². The van der Waals surface area contributed by atoms with Crippen molar-refractivity contribution in [3.05, 3.63) is 48.2 Å². The summed E-state index contributed by atoms with van der Waals surface area (Å²) < 4.78 is 22.4. The molecule has 1 aromatic heterocycles. The molecule has 0 aliphatic carbocycles. The van der Waals surface area contributed by atoms with Gasteiger partial charge in [-0.3, -0.25) is 9.59 Å². The number of carbonyl (C=O) groups excluding carboxylic acids is 2. The third-order valence-corrected chi connectivity index (χ3v) is 6.57. The quantitative estimate of drug-likeness (QED) is 0.509. The van der Waals surface area contributed by atoms with Gasteiger partial charge in [0, 0.05) is 53.2 Å². The highest BCUT2D eigenvalue weighted by atomic mass is 16.5. The van der Waals surface area contributed by atoms with E-state index in [0.717, 1.165) is 27.6 Å². The first-order valence-corrected chi connectivity index (χ1v) is 11.4. The van der Waals surface area contributed by atoms with Crippen LogP contribution in [0.5, 0.6) is 17.2 Å². The molecule has 2 aromatic carbocycles. The monoisotopic (exact) mass is 478 g/mol. The van der Waals surface area contributed by atoms with Crippen molar-refractivity contribution in [3.63, 3.8) is 0 Å². The average Bonchev–Trinajstić information content (AvgIpc) is 3.30. The average molecular weight is 479 g/mol. The number of hydrogen-bond donors (Lipinski definition) is 1. The number of nitrogens with two attached hydrogens (primary N) is 1. The van der Waals surface area contributed by atoms with Crippen molar-refractivity contribution < 1.29 is 28.2 Å². The van der Waals surface area contributed by atoms with Crippen molar-refractivity contribution in [2.24, 2.45) is 11.7 Å². The van der Waals surface area contributed by atoms with Crippen LogP contribution in [0, 0.1) is 5.92 Å². The summed E-state index contributed by atoms with van der Waals surface area (Å²) in [5.74, 6) is 1.42. The fraction of sp³-hybridized carbons (Fsp3) is 0.333. The lowest BCUT2D eigenvalue weighted by Gasteiger charge is -2.30. The van der Waals surface area contributed by atoms with Crippen LogP contribution in [0.1, 0.15) is 25.3 Å². The highest BCUT2D eigenvalue weighted by Crippen LogP contribution is 2.41. The number of piperidine rings is 1. The Labute approximate surface area is 204 Å². The van der Waals surface area contributed by atoms with E-state index in [4.69, 9.17) is 24.4 Å². The van der Waals surface area contributed by atoms with Gasteiger partial charge in [-0.15, -0.1) is 0 Å². The van der Waals surface area contributed by atoms with Crippen molar-refractivity contribution in [1.29, 1.82) is 0 Å². The number of nitrogens with zero attached hydrogens (tertiary/aromatic N) is 1. The molecule has 0 saturated carbocycles. The van der Waals surface area contributed by atoms with Gasteiger partial charge in [0.1, 0.15) is 22.8 Å². The minimum absolute atomic E-state index is 0.102. The van der Waals surface area contributed by atoms with Crippen LogP contribution in [-0.4, -0.2) is 51.1 Å². The number of carbonyl (C=O) groups is 2. The molecule has 1 fully saturated rings. The molecule has 35 heavy (non-hydrogen) atoms. The summed E-state index contributed by atoms with van der Waals surface area (Å²) in [5, 5.41) is 0.856. The predicted octanol–water partition coefficient (Wildman–Crippen LogP) is 4.25. The Morgan fingerprint density at radius 1 is 1.00 bits per heavy atom. The summed E-state index contributed by atoms with van der Waals surface area (Å²) in [5.41, 5.74) is 9.28. The van der Waals surface area contributed by atoms with Crippen LogP contribution in [0.25, 0.3) is 27.7 Å². The van der Waals surface area contributed by atoms with Gasteiger partial charge in [0.05, 0.1) is 27.6 Å². The second kappa shape index (κ2) is 10.1. The fourth-order valence-corrected chi connectivity index (χ4v) is 4.50. The topological polar surface area (TPSA) is 104 Å². The van der Waals surface area contributed by atoms with E-state index in [1.165, 1.54) is 0 Å². The zero-order chi connectivity index (χ0) is 25.1. The molecule has 0 spiro atoms. The van der Waals surface area contributed by atoms with Gasteiger partial charge in [-0.2, -0.15) is 0 Å². The maximum atomic E-state index is 13.0. The molecule has 0 radical (unpaired) electrons. The third-order valence-electron chi connectivity index (χ3n) is 6.57. The van der Waals surface area contributed by atoms with Crippen molar-refractivity contribution >= 4 is 28.4 Å². The van der Waals surface area contributed by atoms with E-state index >= 15 is 0 Å². The lowest BCUT2D eigenvalue weighted by atomic mass is 9.96. The van der Waals surface area contributed by atoms with E-state index < -0.39 is 0 Å². The molecule has 2 amide bonds. The minimum atomic E-state index is -0.301. The zero-order valence-corrected chi connectivity index (χ0v) is 20.4. The van der Waals surface area contributed by atoms with Gasteiger partial charge in [-0.05, 0) is 49.6 Å². The number of hydrogen-bond acceptors (Lipinski definition) is 6. The van der Waals surface area contributed by atoms with Gasteiger partial charge in [0.2, 0.25) is 11.8 Å². The van der Waals surface area contributed by atoms with Crippen LogP contribution >= 0.6 is 0 Å². The van der Waals surface area contributed by atoms with Gasteiger partial charge in [-0.1, -0.05) is 0 Å². The Kier molecular flexibility index (Phi) is 7.00. The third kappa shape index (κ3) is 4.82. The first kappa shape index (κ1) is 24.2. The summed E-state index contributed by atoms with van der Waals surface area (Å²) in [7, 11) is 4.82. The molecule has 0 atom stereocenters. The van der Waals surface area contributed by atoms with Crippen LogP contribution in [0.2, 0.25) is 0 Å². The standard InChI is InChI=1S/C27H30N2O6/c1-16(11-26(30)29-9-7-17(8-10-29)27(28)31)19-13-21-22(15-35-25(21)14-24(19)34-4)20-12-18(32-2)5-6-23(20)33-3/h5-6,11-15,17H,7-10H2,1-4H3,(H2,28,31)/b16-11+. The SMILES string of the molecule is COc1ccc(OC)c(-c2coc3cc(OC)c(/C(C)=C/C(=O)N4CCC(C(N)=O)CC4)cc23)c1. The van der Waals surface area contributed by atoms with Crippen molar-refractivity contribution in [2.75, 3.05) is 34.4 Å². The van der Waals surface area contributed by atoms with E-state index in [1.54, 1.807) is 38.6 Å². The summed E-state index contributed by atoms with van der Waals surface area (Å²) in [6.07, 6.45) is 4.46. The Hall–Kier alpha value is -3.94. The van der Waals surface area contributed by atoms with Crippen LogP contribution < -0.4 is 19.9 Å². The molecule has 8 nitrogen and oxygen atoms in total. The van der Waals surface area contributed by atoms with E-state index in [0.29, 0.717) is 48.8 Å². The van der Waals surface area contributed by atoms with Gasteiger partial charge >= 0.3 is 0 Å². The molecule has 2 heterocycles. The number of likely N-dealkylation sites (tertiary alicyclic amines) is 1. The normalized spacial score (nSPS) is 14.7. The first-order valence-electron chi connectivity index (χ1n) is 11.4. The summed E-state index contributed by atoms with van der Waals surface area (Å²) in [6.45, 7) is 2.89. The van der Waals surface area contributed by atoms with Crippen LogP contribution in [0.3, 0.4) is 0 Å². The highest BCUT2D eigenvalue weighted by molar-refractivity contribution is 6.01. The summed E-state index contributed by atoms with van der Waals surface area (Å²) in [4.78, 5) is 26.1. The predicted molar refractivity (Wildman–Crippen MR) is 133 cm³/mol. The smallest absolute Gasteiger partial charge is 0.246 e. The summed E-state index contributed by atoms with van der Waals surface area (Å²) >= 11 is 0. The van der Waals surface area contributed by atoms with Gasteiger partial charge in [0.15, 0.2) is 0 Å². The van der Waals surface area contributed by atoms with Gasteiger partial charge in [-0.25, -0.2) is 0 Å². The number of methoxy groups -OCH3 is 3. The minimum Gasteiger partial charge on any atom is -0.497 e. The highest BCUT2D eigenvalue weighted by Gasteiger charge is 2.25.